The Morgan fingerprint density at radius 2 is 2.00 bits per heavy atom. The molecule has 0 bridgehead atoms. The van der Waals surface area contributed by atoms with Crippen molar-refractivity contribution < 1.29 is 14.3 Å². The molecule has 1 N–H and O–H groups in total. The molecule has 5 heteroatoms. The van der Waals surface area contributed by atoms with Gasteiger partial charge in [0.25, 0.3) is 5.91 Å². The number of amides is 2. The van der Waals surface area contributed by atoms with Gasteiger partial charge in [-0.15, -0.1) is 0 Å². The molecule has 0 spiro atoms. The van der Waals surface area contributed by atoms with E-state index >= 15 is 0 Å². The highest BCUT2D eigenvalue weighted by Crippen LogP contribution is 2.22. The van der Waals surface area contributed by atoms with E-state index in [-0.39, 0.29) is 24.3 Å². The lowest BCUT2D eigenvalue weighted by Gasteiger charge is -2.24. The number of carbonyl (C=O) groups excluding carboxylic acids is 2. The van der Waals surface area contributed by atoms with Crippen molar-refractivity contribution in [3.05, 3.63) is 30.3 Å². The number of imide groups is 1. The predicted molar refractivity (Wildman–Crippen MR) is 78.9 cm³/mol. The molecule has 2 atom stereocenters. The first-order valence-electron chi connectivity index (χ1n) is 7.52. The van der Waals surface area contributed by atoms with Crippen LogP contribution >= 0.6 is 0 Å². The van der Waals surface area contributed by atoms with Gasteiger partial charge in [-0.05, 0) is 31.4 Å². The van der Waals surface area contributed by atoms with Crippen molar-refractivity contribution in [2.45, 2.75) is 37.8 Å². The van der Waals surface area contributed by atoms with E-state index in [1.807, 2.05) is 18.2 Å². The van der Waals surface area contributed by atoms with Crippen LogP contribution in [0.5, 0.6) is 0 Å². The van der Waals surface area contributed by atoms with E-state index in [0.717, 1.165) is 19.4 Å². The molecule has 2 aliphatic rings. The van der Waals surface area contributed by atoms with Crippen molar-refractivity contribution in [3.63, 3.8) is 0 Å². The van der Waals surface area contributed by atoms with Gasteiger partial charge >= 0.3 is 0 Å². The maximum absolute atomic E-state index is 12.4. The van der Waals surface area contributed by atoms with Crippen molar-refractivity contribution in [3.8, 4) is 0 Å². The minimum Gasteiger partial charge on any atom is -0.377 e. The van der Waals surface area contributed by atoms with Crippen molar-refractivity contribution in [2.24, 2.45) is 0 Å². The van der Waals surface area contributed by atoms with Crippen molar-refractivity contribution in [1.29, 1.82) is 0 Å². The molecule has 21 heavy (non-hydrogen) atoms. The second kappa shape index (κ2) is 6.37. The summed E-state index contributed by atoms with van der Waals surface area (Å²) in [5, 5.41) is 3.19. The number of hydrogen-bond donors (Lipinski definition) is 1. The summed E-state index contributed by atoms with van der Waals surface area (Å²) in [5.74, 6) is -0.310. The summed E-state index contributed by atoms with van der Waals surface area (Å²) in [6.45, 7) is 1.42. The Morgan fingerprint density at radius 1 is 1.19 bits per heavy atom. The minimum absolute atomic E-state index is 0.145. The molecule has 2 fully saturated rings. The zero-order valence-corrected chi connectivity index (χ0v) is 12.0. The number of rotatable bonds is 4. The number of nitrogens with one attached hydrogen (secondary N) is 1. The quantitative estimate of drug-likeness (QED) is 0.853. The van der Waals surface area contributed by atoms with Crippen LogP contribution in [-0.4, -0.2) is 37.1 Å². The van der Waals surface area contributed by atoms with E-state index < -0.39 is 6.04 Å². The normalized spacial score (nSPS) is 26.4. The van der Waals surface area contributed by atoms with Crippen molar-refractivity contribution in [2.75, 3.05) is 18.1 Å². The molecule has 2 heterocycles. The number of hydrogen-bond acceptors (Lipinski definition) is 4. The molecule has 3 rings (SSSR count). The Bertz CT molecular complexity index is 512. The van der Waals surface area contributed by atoms with Crippen LogP contribution in [0.2, 0.25) is 0 Å². The van der Waals surface area contributed by atoms with Crippen LogP contribution in [0, 0.1) is 0 Å². The fraction of sp³-hybridized carbons (Fsp3) is 0.500. The summed E-state index contributed by atoms with van der Waals surface area (Å²) in [6, 6.07) is 8.65. The van der Waals surface area contributed by atoms with Crippen LogP contribution in [0.15, 0.2) is 30.3 Å². The zero-order chi connectivity index (χ0) is 14.7. The summed E-state index contributed by atoms with van der Waals surface area (Å²) >= 11 is 0. The highest BCUT2D eigenvalue weighted by atomic mass is 16.5. The molecule has 2 saturated heterocycles. The van der Waals surface area contributed by atoms with Gasteiger partial charge in [0.1, 0.15) is 0 Å². The summed E-state index contributed by atoms with van der Waals surface area (Å²) in [4.78, 5) is 25.7. The number of para-hydroxylation sites is 1. The average molecular weight is 288 g/mol. The lowest BCUT2D eigenvalue weighted by molar-refractivity contribution is -0.121. The van der Waals surface area contributed by atoms with E-state index in [4.69, 9.17) is 4.74 Å². The summed E-state index contributed by atoms with van der Waals surface area (Å²) in [7, 11) is 0. The number of anilines is 1. The van der Waals surface area contributed by atoms with E-state index in [1.165, 1.54) is 11.3 Å². The average Bonchev–Trinajstić information content (AvgIpc) is 2.81. The van der Waals surface area contributed by atoms with Crippen LogP contribution in [0.25, 0.3) is 0 Å². The molecule has 0 aliphatic carbocycles. The van der Waals surface area contributed by atoms with Crippen LogP contribution in [0.3, 0.4) is 0 Å². The second-order valence-corrected chi connectivity index (χ2v) is 5.56. The Balaban J connectivity index is 1.61. The maximum Gasteiger partial charge on any atom is 0.251 e. The van der Waals surface area contributed by atoms with Crippen molar-refractivity contribution >= 4 is 17.5 Å². The molecule has 2 amide bonds. The molecule has 112 valence electrons. The van der Waals surface area contributed by atoms with E-state index in [9.17, 15) is 9.59 Å². The fourth-order valence-electron chi connectivity index (χ4n) is 2.88. The second-order valence-electron chi connectivity index (χ2n) is 5.56. The monoisotopic (exact) mass is 288 g/mol. The van der Waals surface area contributed by atoms with E-state index in [1.54, 1.807) is 12.1 Å². The first-order chi connectivity index (χ1) is 10.3. The lowest BCUT2D eigenvalue weighted by atomic mass is 10.1. The standard InChI is InChI=1S/C16H20N2O3/c19-15-10-14(17-11-13-8-4-5-9-21-13)16(20)18(15)12-6-2-1-3-7-12/h1-3,6-7,13-14,17H,4-5,8-11H2. The highest BCUT2D eigenvalue weighted by molar-refractivity contribution is 6.22. The van der Waals surface area contributed by atoms with Gasteiger partial charge in [-0.2, -0.15) is 0 Å². The third-order valence-corrected chi connectivity index (χ3v) is 4.03. The summed E-state index contributed by atoms with van der Waals surface area (Å²) in [6.07, 6.45) is 3.68. The van der Waals surface area contributed by atoms with Gasteiger partial charge in [-0.3, -0.25) is 9.59 Å². The molecular weight excluding hydrogens is 268 g/mol. The topological polar surface area (TPSA) is 58.6 Å². The van der Waals surface area contributed by atoms with Gasteiger partial charge in [-0.1, -0.05) is 18.2 Å². The Morgan fingerprint density at radius 3 is 2.71 bits per heavy atom. The number of ether oxygens (including phenoxy) is 1. The molecule has 2 unspecified atom stereocenters. The lowest BCUT2D eigenvalue weighted by Crippen LogP contribution is -2.43. The van der Waals surface area contributed by atoms with Gasteiger partial charge in [0.15, 0.2) is 0 Å². The molecular formula is C16H20N2O3. The molecule has 0 saturated carbocycles. The number of nitrogens with zero attached hydrogens (tertiary/aromatic N) is 1. The SMILES string of the molecule is O=C1CC(NCC2CCCCO2)C(=O)N1c1ccccc1. The van der Waals surface area contributed by atoms with Gasteiger partial charge in [0.2, 0.25) is 5.91 Å². The predicted octanol–water partition coefficient (Wildman–Crippen LogP) is 1.48. The van der Waals surface area contributed by atoms with Gasteiger partial charge in [0, 0.05) is 13.2 Å². The molecule has 1 aromatic carbocycles. The van der Waals surface area contributed by atoms with Gasteiger partial charge in [-0.25, -0.2) is 4.90 Å². The minimum atomic E-state index is -0.428. The molecule has 1 aromatic rings. The molecule has 2 aliphatic heterocycles. The van der Waals surface area contributed by atoms with Crippen LogP contribution in [0.1, 0.15) is 25.7 Å². The van der Waals surface area contributed by atoms with Crippen LogP contribution in [-0.2, 0) is 14.3 Å². The van der Waals surface area contributed by atoms with Gasteiger partial charge in [0.05, 0.1) is 24.3 Å². The van der Waals surface area contributed by atoms with E-state index in [0.29, 0.717) is 12.2 Å². The largest absolute Gasteiger partial charge is 0.377 e. The fourth-order valence-corrected chi connectivity index (χ4v) is 2.88. The Labute approximate surface area is 124 Å². The first kappa shape index (κ1) is 14.2. The van der Waals surface area contributed by atoms with Gasteiger partial charge < -0.3 is 10.1 Å². The third-order valence-electron chi connectivity index (χ3n) is 4.03. The molecule has 0 radical (unpaired) electrons. The maximum atomic E-state index is 12.4. The number of benzene rings is 1. The summed E-state index contributed by atoms with van der Waals surface area (Å²) in [5.41, 5.74) is 0.644. The third kappa shape index (κ3) is 3.14. The molecule has 5 nitrogen and oxygen atoms in total. The highest BCUT2D eigenvalue weighted by Gasteiger charge is 2.39. The van der Waals surface area contributed by atoms with E-state index in [2.05, 4.69) is 5.32 Å². The van der Waals surface area contributed by atoms with Crippen LogP contribution < -0.4 is 10.2 Å². The summed E-state index contributed by atoms with van der Waals surface area (Å²) < 4.78 is 5.64. The Kier molecular flexibility index (Phi) is 4.31. The first-order valence-corrected chi connectivity index (χ1v) is 7.52. The number of carbonyl (C=O) groups is 2. The Hall–Kier alpha value is -1.72. The smallest absolute Gasteiger partial charge is 0.251 e. The zero-order valence-electron chi connectivity index (χ0n) is 12.0. The molecule has 0 aromatic heterocycles. The van der Waals surface area contributed by atoms with Crippen LogP contribution in [0.4, 0.5) is 5.69 Å². The van der Waals surface area contributed by atoms with Crippen molar-refractivity contribution in [1.82, 2.24) is 5.32 Å².